The molecule has 0 radical (unpaired) electrons. The first-order valence-corrected chi connectivity index (χ1v) is 15.8. The molecule has 1 N–H and O–H groups in total. The lowest BCUT2D eigenvalue weighted by Crippen LogP contribution is -2.51. The Balaban J connectivity index is 1.76. The molecule has 1 unspecified atom stereocenters. The van der Waals surface area contributed by atoms with Crippen LogP contribution in [-0.2, 0) is 32.6 Å². The van der Waals surface area contributed by atoms with E-state index in [1.165, 1.54) is 10.6 Å². The van der Waals surface area contributed by atoms with E-state index in [2.05, 4.69) is 5.32 Å². The molecule has 1 atom stereocenters. The van der Waals surface area contributed by atoms with E-state index in [-0.39, 0.29) is 37.4 Å². The third-order valence-electron chi connectivity index (χ3n) is 7.36. The highest BCUT2D eigenvalue weighted by Crippen LogP contribution is 2.23. The molecule has 3 rings (SSSR count). The molecule has 39 heavy (non-hydrogen) atoms. The van der Waals surface area contributed by atoms with Crippen molar-refractivity contribution < 1.29 is 22.7 Å². The van der Waals surface area contributed by atoms with Crippen molar-refractivity contribution >= 4 is 27.5 Å². The van der Waals surface area contributed by atoms with Crippen LogP contribution >= 0.6 is 0 Å². The van der Waals surface area contributed by atoms with Gasteiger partial charge in [0.15, 0.2) is 0 Å². The normalized spacial score (nSPS) is 14.6. The zero-order valence-electron chi connectivity index (χ0n) is 23.7. The number of nitrogens with zero attached hydrogens (tertiary/aromatic N) is 2. The van der Waals surface area contributed by atoms with E-state index in [0.717, 1.165) is 43.2 Å². The number of sulfonamides is 1. The summed E-state index contributed by atoms with van der Waals surface area (Å²) < 4.78 is 31.8. The van der Waals surface area contributed by atoms with Crippen LogP contribution in [0.3, 0.4) is 0 Å². The van der Waals surface area contributed by atoms with Crippen LogP contribution in [0.2, 0.25) is 0 Å². The average molecular weight is 558 g/mol. The lowest BCUT2D eigenvalue weighted by atomic mass is 10.1. The molecule has 0 spiro atoms. The molecular formula is C30H43N3O5S. The lowest BCUT2D eigenvalue weighted by molar-refractivity contribution is -0.141. The maximum absolute atomic E-state index is 13.6. The Morgan fingerprint density at radius 2 is 1.74 bits per heavy atom. The largest absolute Gasteiger partial charge is 0.497 e. The molecule has 0 heterocycles. The third-order valence-corrected chi connectivity index (χ3v) is 8.55. The van der Waals surface area contributed by atoms with E-state index in [9.17, 15) is 18.0 Å². The molecule has 0 aromatic heterocycles. The van der Waals surface area contributed by atoms with E-state index in [1.807, 2.05) is 50.2 Å². The molecular weight excluding hydrogens is 514 g/mol. The number of methoxy groups -OCH3 is 1. The summed E-state index contributed by atoms with van der Waals surface area (Å²) in [6, 6.07) is 14.5. The topological polar surface area (TPSA) is 96.0 Å². The number of rotatable bonds is 14. The van der Waals surface area contributed by atoms with Gasteiger partial charge < -0.3 is 15.0 Å². The molecule has 8 nitrogen and oxygen atoms in total. The first kappa shape index (κ1) is 30.5. The Hall–Kier alpha value is -3.07. The van der Waals surface area contributed by atoms with Crippen molar-refractivity contribution in [2.45, 2.75) is 83.8 Å². The van der Waals surface area contributed by atoms with Crippen LogP contribution in [0.1, 0.15) is 69.9 Å². The lowest BCUT2D eigenvalue weighted by Gasteiger charge is -2.32. The zero-order chi connectivity index (χ0) is 28.4. The summed E-state index contributed by atoms with van der Waals surface area (Å²) in [5.74, 6) is 0.372. The van der Waals surface area contributed by atoms with Crippen LogP contribution in [0.25, 0.3) is 0 Å². The van der Waals surface area contributed by atoms with Gasteiger partial charge in [-0.1, -0.05) is 51.0 Å². The van der Waals surface area contributed by atoms with Gasteiger partial charge in [0.05, 0.1) is 19.1 Å². The summed E-state index contributed by atoms with van der Waals surface area (Å²) in [5.41, 5.74) is 2.57. The predicted molar refractivity (Wildman–Crippen MR) is 155 cm³/mol. The second kappa shape index (κ2) is 14.4. The number of nitrogens with one attached hydrogen (secondary N) is 1. The third kappa shape index (κ3) is 8.71. The molecule has 214 valence electrons. The van der Waals surface area contributed by atoms with Gasteiger partial charge in [-0.05, 0) is 67.5 Å². The molecule has 2 aromatic carbocycles. The zero-order valence-corrected chi connectivity index (χ0v) is 24.5. The van der Waals surface area contributed by atoms with Crippen molar-refractivity contribution in [1.29, 1.82) is 0 Å². The van der Waals surface area contributed by atoms with Crippen LogP contribution in [0, 0.1) is 0 Å². The number of aryl methyl sites for hydroxylation is 1. The molecule has 1 saturated carbocycles. The minimum Gasteiger partial charge on any atom is -0.497 e. The number of hydrogen-bond donors (Lipinski definition) is 1. The van der Waals surface area contributed by atoms with Gasteiger partial charge in [-0.2, -0.15) is 0 Å². The Morgan fingerprint density at radius 3 is 2.33 bits per heavy atom. The SMILES string of the molecule is CCc1ccc(N(CCCC(=O)N(Cc2cccc(OC)c2)C(CC)C(=O)NC2CCCC2)S(C)(=O)=O)cc1. The van der Waals surface area contributed by atoms with Crippen molar-refractivity contribution in [3.63, 3.8) is 0 Å². The van der Waals surface area contributed by atoms with E-state index < -0.39 is 16.1 Å². The monoisotopic (exact) mass is 557 g/mol. The molecule has 0 saturated heterocycles. The van der Waals surface area contributed by atoms with Crippen molar-refractivity contribution in [1.82, 2.24) is 10.2 Å². The summed E-state index contributed by atoms with van der Waals surface area (Å²) >= 11 is 0. The highest BCUT2D eigenvalue weighted by Gasteiger charge is 2.30. The van der Waals surface area contributed by atoms with Crippen LogP contribution in [0.5, 0.6) is 5.75 Å². The number of benzene rings is 2. The van der Waals surface area contributed by atoms with Crippen LogP contribution < -0.4 is 14.4 Å². The van der Waals surface area contributed by atoms with Crippen molar-refractivity contribution in [3.05, 3.63) is 59.7 Å². The fourth-order valence-electron chi connectivity index (χ4n) is 5.16. The number of carbonyl (C=O) groups excluding carboxylic acids is 2. The Morgan fingerprint density at radius 1 is 1.05 bits per heavy atom. The standard InChI is InChI=1S/C30H43N3O5S/c1-5-23-16-18-26(19-17-23)33(39(4,36)37)20-10-15-29(34)32(22-24-11-9-14-27(21-24)38-3)28(6-2)30(35)31-25-12-7-8-13-25/h9,11,14,16-19,21,25,28H,5-8,10,12-13,15,20,22H2,1-4H3,(H,31,35). The summed E-state index contributed by atoms with van der Waals surface area (Å²) in [7, 11) is -1.94. The van der Waals surface area contributed by atoms with Crippen molar-refractivity contribution in [2.75, 3.05) is 24.2 Å². The van der Waals surface area contributed by atoms with Crippen LogP contribution in [0.4, 0.5) is 5.69 Å². The second-order valence-electron chi connectivity index (χ2n) is 10.2. The Kier molecular flexibility index (Phi) is 11.2. The van der Waals surface area contributed by atoms with Gasteiger partial charge in [0, 0.05) is 25.6 Å². The molecule has 0 aliphatic heterocycles. The molecule has 2 amide bonds. The van der Waals surface area contributed by atoms with E-state index >= 15 is 0 Å². The molecule has 1 aliphatic carbocycles. The molecule has 0 bridgehead atoms. The minimum atomic E-state index is -3.53. The smallest absolute Gasteiger partial charge is 0.243 e. The van der Waals surface area contributed by atoms with E-state index in [0.29, 0.717) is 24.3 Å². The highest BCUT2D eigenvalue weighted by atomic mass is 32.2. The quantitative estimate of drug-likeness (QED) is 0.364. The number of hydrogen-bond acceptors (Lipinski definition) is 5. The number of anilines is 1. The van der Waals surface area contributed by atoms with E-state index in [1.54, 1.807) is 24.1 Å². The maximum atomic E-state index is 13.6. The summed E-state index contributed by atoms with van der Waals surface area (Å²) in [6.07, 6.45) is 7.11. The van der Waals surface area contributed by atoms with Crippen LogP contribution in [-0.4, -0.2) is 57.1 Å². The molecule has 9 heteroatoms. The Labute approximate surface area is 233 Å². The van der Waals surface area contributed by atoms with E-state index in [4.69, 9.17) is 4.74 Å². The summed E-state index contributed by atoms with van der Waals surface area (Å²) in [4.78, 5) is 28.6. The van der Waals surface area contributed by atoms with Gasteiger partial charge in [-0.3, -0.25) is 13.9 Å². The van der Waals surface area contributed by atoms with Gasteiger partial charge in [0.25, 0.3) is 0 Å². The number of amides is 2. The summed E-state index contributed by atoms with van der Waals surface area (Å²) in [5, 5.41) is 3.15. The molecule has 1 aliphatic rings. The molecule has 1 fully saturated rings. The average Bonchev–Trinajstić information content (AvgIpc) is 3.43. The minimum absolute atomic E-state index is 0.121. The fraction of sp³-hybridized carbons (Fsp3) is 0.533. The van der Waals surface area contributed by atoms with Crippen molar-refractivity contribution in [3.8, 4) is 5.75 Å². The first-order chi connectivity index (χ1) is 18.7. The Bertz CT molecular complexity index is 1190. The van der Waals surface area contributed by atoms with Gasteiger partial charge in [0.1, 0.15) is 11.8 Å². The summed E-state index contributed by atoms with van der Waals surface area (Å²) in [6.45, 7) is 4.40. The van der Waals surface area contributed by atoms with Gasteiger partial charge >= 0.3 is 0 Å². The highest BCUT2D eigenvalue weighted by molar-refractivity contribution is 7.92. The fourth-order valence-corrected chi connectivity index (χ4v) is 6.12. The van der Waals surface area contributed by atoms with Gasteiger partial charge in [0.2, 0.25) is 21.8 Å². The maximum Gasteiger partial charge on any atom is 0.243 e. The number of carbonyl (C=O) groups is 2. The van der Waals surface area contributed by atoms with Gasteiger partial charge in [-0.15, -0.1) is 0 Å². The number of ether oxygens (including phenoxy) is 1. The van der Waals surface area contributed by atoms with Crippen LogP contribution in [0.15, 0.2) is 48.5 Å². The second-order valence-corrected chi connectivity index (χ2v) is 12.2. The molecule has 2 aromatic rings. The first-order valence-electron chi connectivity index (χ1n) is 14.0. The predicted octanol–water partition coefficient (Wildman–Crippen LogP) is 4.67. The van der Waals surface area contributed by atoms with Gasteiger partial charge in [-0.25, -0.2) is 8.42 Å². The van der Waals surface area contributed by atoms with Crippen molar-refractivity contribution in [2.24, 2.45) is 0 Å².